The Morgan fingerprint density at radius 2 is 1.88 bits per heavy atom. The van der Waals surface area contributed by atoms with Crippen LogP contribution < -0.4 is 27.0 Å². The molecule has 1 atom stereocenters. The molecule has 6 N–H and O–H groups in total. The van der Waals surface area contributed by atoms with Gasteiger partial charge in [0.1, 0.15) is 18.2 Å². The van der Waals surface area contributed by atoms with Crippen molar-refractivity contribution >= 4 is 35.3 Å². The second kappa shape index (κ2) is 10.1. The van der Waals surface area contributed by atoms with Crippen LogP contribution in [0.3, 0.4) is 0 Å². The molecule has 10 nitrogen and oxygen atoms in total. The van der Waals surface area contributed by atoms with Crippen LogP contribution in [0.15, 0.2) is 35.5 Å². The van der Waals surface area contributed by atoms with Crippen LogP contribution in [0.2, 0.25) is 0 Å². The quantitative estimate of drug-likeness (QED) is 0.529. The van der Waals surface area contributed by atoms with Crippen molar-refractivity contribution in [2.45, 2.75) is 25.9 Å². The van der Waals surface area contributed by atoms with E-state index >= 15 is 0 Å². The van der Waals surface area contributed by atoms with E-state index < -0.39 is 5.91 Å². The van der Waals surface area contributed by atoms with Crippen molar-refractivity contribution in [2.24, 2.45) is 16.5 Å². The van der Waals surface area contributed by atoms with E-state index in [0.717, 1.165) is 55.4 Å². The third-order valence-corrected chi connectivity index (χ3v) is 6.42. The maximum Gasteiger partial charge on any atom is 0.239 e. The van der Waals surface area contributed by atoms with Crippen molar-refractivity contribution < 1.29 is 4.79 Å². The van der Waals surface area contributed by atoms with E-state index in [1.165, 1.54) is 17.3 Å². The van der Waals surface area contributed by atoms with Crippen LogP contribution in [0.4, 0.5) is 17.6 Å². The zero-order valence-electron chi connectivity index (χ0n) is 19.8. The number of hydrogen-bond donors (Lipinski definition) is 3. The second-order valence-electron chi connectivity index (χ2n) is 8.96. The SMILES string of the molecule is CC1Cc2ccc(C(C=NCC(N)=O)=CN)cc2CN1c1cc(N2CCN(C)CC2)nc(N)n1. The number of nitrogens with two attached hydrogens (primary N) is 3. The van der Waals surface area contributed by atoms with Gasteiger partial charge in [0.2, 0.25) is 11.9 Å². The maximum atomic E-state index is 11.0. The predicted octanol–water partition coefficient (Wildman–Crippen LogP) is 0.618. The molecule has 180 valence electrons. The molecular formula is C24H33N9O. The number of anilines is 3. The number of likely N-dealkylation sites (N-methyl/N-ethyl adjacent to an activating group) is 1. The lowest BCUT2D eigenvalue weighted by Gasteiger charge is -2.37. The van der Waals surface area contributed by atoms with Crippen LogP contribution in [-0.2, 0) is 17.8 Å². The first kappa shape index (κ1) is 23.5. The number of amides is 1. The standard InChI is InChI=1S/C24H33N9O/c1-16-9-17-3-4-18(20(12-25)13-28-14-21(26)34)10-19(17)15-33(16)23-11-22(29-24(27)30-23)32-7-5-31(2)6-8-32/h3-4,10-13,16H,5-9,14-15,25H2,1-2H3,(H2,26,34)(H2,27,29,30). The summed E-state index contributed by atoms with van der Waals surface area (Å²) in [4.78, 5) is 31.0. The molecule has 0 aliphatic carbocycles. The number of fused-ring (bicyclic) bond motifs is 1. The van der Waals surface area contributed by atoms with Gasteiger partial charge < -0.3 is 31.9 Å². The van der Waals surface area contributed by atoms with Gasteiger partial charge in [-0.2, -0.15) is 9.97 Å². The number of aromatic nitrogens is 2. The van der Waals surface area contributed by atoms with Gasteiger partial charge in [-0.05, 0) is 43.1 Å². The summed E-state index contributed by atoms with van der Waals surface area (Å²) in [5.74, 6) is 1.52. The Morgan fingerprint density at radius 1 is 1.15 bits per heavy atom. The van der Waals surface area contributed by atoms with Gasteiger partial charge in [-0.15, -0.1) is 0 Å². The predicted molar refractivity (Wildman–Crippen MR) is 137 cm³/mol. The van der Waals surface area contributed by atoms with E-state index in [1.54, 1.807) is 6.21 Å². The number of primary amides is 1. The van der Waals surface area contributed by atoms with E-state index in [0.29, 0.717) is 6.54 Å². The average Bonchev–Trinajstić information content (AvgIpc) is 2.81. The molecule has 0 spiro atoms. The van der Waals surface area contributed by atoms with Crippen molar-refractivity contribution in [1.82, 2.24) is 14.9 Å². The number of rotatable bonds is 6. The van der Waals surface area contributed by atoms with Crippen LogP contribution >= 0.6 is 0 Å². The van der Waals surface area contributed by atoms with E-state index in [2.05, 4.69) is 61.8 Å². The highest BCUT2D eigenvalue weighted by molar-refractivity contribution is 6.10. The van der Waals surface area contributed by atoms with Crippen molar-refractivity contribution in [3.05, 3.63) is 47.2 Å². The van der Waals surface area contributed by atoms with Crippen LogP contribution in [0.1, 0.15) is 23.6 Å². The van der Waals surface area contributed by atoms with Gasteiger partial charge >= 0.3 is 0 Å². The highest BCUT2D eigenvalue weighted by atomic mass is 16.1. The van der Waals surface area contributed by atoms with E-state index in [4.69, 9.17) is 17.2 Å². The lowest BCUT2D eigenvalue weighted by atomic mass is 9.91. The van der Waals surface area contributed by atoms with Crippen molar-refractivity contribution in [3.63, 3.8) is 0 Å². The maximum absolute atomic E-state index is 11.0. The molecule has 1 amide bonds. The van der Waals surface area contributed by atoms with Gasteiger partial charge in [0.05, 0.1) is 0 Å². The fraction of sp³-hybridized carbons (Fsp3) is 0.417. The first-order valence-electron chi connectivity index (χ1n) is 11.5. The number of piperazine rings is 1. The monoisotopic (exact) mass is 463 g/mol. The third kappa shape index (κ3) is 5.28. The molecule has 0 bridgehead atoms. The lowest BCUT2D eigenvalue weighted by Crippen LogP contribution is -2.45. The van der Waals surface area contributed by atoms with Crippen LogP contribution in [0, 0.1) is 0 Å². The Balaban J connectivity index is 1.59. The van der Waals surface area contributed by atoms with E-state index in [1.807, 2.05) is 6.07 Å². The molecule has 2 aliphatic heterocycles. The van der Waals surface area contributed by atoms with Gasteiger partial charge in [0.25, 0.3) is 0 Å². The molecule has 3 heterocycles. The first-order chi connectivity index (χ1) is 16.3. The van der Waals surface area contributed by atoms with Crippen molar-refractivity contribution in [2.75, 3.05) is 55.3 Å². The number of allylic oxidation sites excluding steroid dienone is 1. The van der Waals surface area contributed by atoms with Gasteiger partial charge in [-0.3, -0.25) is 9.79 Å². The summed E-state index contributed by atoms with van der Waals surface area (Å²) >= 11 is 0. The average molecular weight is 464 g/mol. The molecule has 2 aliphatic rings. The summed E-state index contributed by atoms with van der Waals surface area (Å²) in [6.45, 7) is 6.65. The van der Waals surface area contributed by atoms with Crippen LogP contribution in [-0.4, -0.2) is 72.8 Å². The topological polar surface area (TPSA) is 143 Å². The third-order valence-electron chi connectivity index (χ3n) is 6.42. The van der Waals surface area contributed by atoms with E-state index in [9.17, 15) is 4.79 Å². The number of nitrogens with zero attached hydrogens (tertiary/aromatic N) is 6. The normalized spacial score (nSPS) is 19.5. The Labute approximate surface area is 200 Å². The molecule has 1 aromatic carbocycles. The molecule has 0 saturated carbocycles. The van der Waals surface area contributed by atoms with Gasteiger partial charge in [-0.25, -0.2) is 0 Å². The number of aliphatic imine (C=N–C) groups is 1. The minimum absolute atomic E-state index is 0.0711. The van der Waals surface area contributed by atoms with Crippen LogP contribution in [0.5, 0.6) is 0 Å². The molecule has 0 radical (unpaired) electrons. The van der Waals surface area contributed by atoms with Gasteiger partial charge in [-0.1, -0.05) is 12.1 Å². The molecule has 2 aromatic rings. The molecule has 1 aromatic heterocycles. The number of carbonyl (C=O) groups is 1. The lowest BCUT2D eigenvalue weighted by molar-refractivity contribution is -0.116. The molecule has 10 heteroatoms. The second-order valence-corrected chi connectivity index (χ2v) is 8.96. The Bertz CT molecular complexity index is 1110. The Hall–Kier alpha value is -3.66. The molecule has 1 saturated heterocycles. The zero-order valence-corrected chi connectivity index (χ0v) is 19.8. The summed E-state index contributed by atoms with van der Waals surface area (Å²) in [5.41, 5.74) is 21.3. The fourth-order valence-electron chi connectivity index (χ4n) is 4.46. The van der Waals surface area contributed by atoms with Crippen LogP contribution in [0.25, 0.3) is 5.57 Å². The summed E-state index contributed by atoms with van der Waals surface area (Å²) in [5, 5.41) is 0. The molecule has 34 heavy (non-hydrogen) atoms. The first-order valence-corrected chi connectivity index (χ1v) is 11.5. The summed E-state index contributed by atoms with van der Waals surface area (Å²) < 4.78 is 0. The molecule has 1 fully saturated rings. The zero-order chi connectivity index (χ0) is 24.2. The molecule has 4 rings (SSSR count). The Morgan fingerprint density at radius 3 is 2.59 bits per heavy atom. The minimum atomic E-state index is -0.484. The number of hydrogen-bond acceptors (Lipinski definition) is 9. The summed E-state index contributed by atoms with van der Waals surface area (Å²) in [7, 11) is 2.13. The van der Waals surface area contributed by atoms with Crippen molar-refractivity contribution in [1.29, 1.82) is 0 Å². The number of benzene rings is 1. The highest BCUT2D eigenvalue weighted by Crippen LogP contribution is 2.31. The minimum Gasteiger partial charge on any atom is -0.404 e. The molecular weight excluding hydrogens is 430 g/mol. The van der Waals surface area contributed by atoms with Gasteiger partial charge in [0.15, 0.2) is 0 Å². The highest BCUT2D eigenvalue weighted by Gasteiger charge is 2.26. The fourth-order valence-corrected chi connectivity index (χ4v) is 4.46. The largest absolute Gasteiger partial charge is 0.404 e. The smallest absolute Gasteiger partial charge is 0.239 e. The Kier molecular flexibility index (Phi) is 6.97. The van der Waals surface area contributed by atoms with E-state index in [-0.39, 0.29) is 18.5 Å². The van der Waals surface area contributed by atoms with Gasteiger partial charge in [0, 0.05) is 62.8 Å². The molecule has 1 unspecified atom stereocenters. The summed E-state index contributed by atoms with van der Waals surface area (Å²) in [6, 6.07) is 8.59. The number of nitrogen functional groups attached to an aromatic ring is 1. The number of carbonyl (C=O) groups excluding carboxylic acids is 1. The summed E-state index contributed by atoms with van der Waals surface area (Å²) in [6.07, 6.45) is 3.97. The van der Waals surface area contributed by atoms with Crippen molar-refractivity contribution in [3.8, 4) is 0 Å².